The molecule has 0 aliphatic carbocycles. The summed E-state index contributed by atoms with van der Waals surface area (Å²) in [6, 6.07) is 11.9. The van der Waals surface area contributed by atoms with E-state index in [1.54, 1.807) is 23.1 Å². The van der Waals surface area contributed by atoms with Crippen LogP contribution >= 0.6 is 23.1 Å². The highest BCUT2D eigenvalue weighted by molar-refractivity contribution is 8.01. The molecule has 2 heterocycles. The van der Waals surface area contributed by atoms with Crippen molar-refractivity contribution in [2.24, 2.45) is 0 Å². The average molecular weight is 314 g/mol. The normalized spacial score (nSPS) is 10.6. The highest BCUT2D eigenvalue weighted by atomic mass is 32.2. The van der Waals surface area contributed by atoms with Crippen LogP contribution in [-0.2, 0) is 0 Å². The molecule has 0 aliphatic heterocycles. The average Bonchev–Trinajstić information content (AvgIpc) is 2.93. The van der Waals surface area contributed by atoms with E-state index in [0.29, 0.717) is 0 Å². The predicted molar refractivity (Wildman–Crippen MR) is 88.0 cm³/mol. The van der Waals surface area contributed by atoms with Crippen LogP contribution < -0.4 is 5.32 Å². The predicted octanol–water partition coefficient (Wildman–Crippen LogP) is 4.10. The van der Waals surface area contributed by atoms with Crippen molar-refractivity contribution in [1.82, 2.24) is 15.0 Å². The van der Waals surface area contributed by atoms with E-state index in [9.17, 15) is 0 Å². The summed E-state index contributed by atoms with van der Waals surface area (Å²) < 4.78 is 0.993. The van der Waals surface area contributed by atoms with Crippen molar-refractivity contribution >= 4 is 28.9 Å². The van der Waals surface area contributed by atoms with E-state index < -0.39 is 0 Å². The summed E-state index contributed by atoms with van der Waals surface area (Å²) in [6.45, 7) is 2.00. The van der Waals surface area contributed by atoms with E-state index in [4.69, 9.17) is 0 Å². The van der Waals surface area contributed by atoms with E-state index >= 15 is 0 Å². The van der Waals surface area contributed by atoms with Gasteiger partial charge < -0.3 is 5.32 Å². The summed E-state index contributed by atoms with van der Waals surface area (Å²) in [5, 5.41) is 6.02. The van der Waals surface area contributed by atoms with Crippen molar-refractivity contribution in [3.05, 3.63) is 47.5 Å². The van der Waals surface area contributed by atoms with E-state index in [1.807, 2.05) is 55.7 Å². The highest BCUT2D eigenvalue weighted by Crippen LogP contribution is 2.31. The fraction of sp³-hybridized carbons (Fsp3) is 0.133. The Morgan fingerprint density at radius 2 is 1.90 bits per heavy atom. The largest absolute Gasteiger partial charge is 0.373 e. The molecule has 0 aliphatic rings. The van der Waals surface area contributed by atoms with Crippen LogP contribution in [0, 0.1) is 6.92 Å². The first-order chi connectivity index (χ1) is 10.2. The molecule has 0 fully saturated rings. The maximum Gasteiger partial charge on any atom is 0.162 e. The summed E-state index contributed by atoms with van der Waals surface area (Å²) in [7, 11) is 1.86. The van der Waals surface area contributed by atoms with Crippen molar-refractivity contribution in [2.75, 3.05) is 12.4 Å². The number of hydrogen-bond acceptors (Lipinski definition) is 6. The number of anilines is 1. The Balaban J connectivity index is 1.97. The fourth-order valence-electron chi connectivity index (χ4n) is 1.79. The third kappa shape index (κ3) is 3.40. The number of aromatic nitrogens is 3. The Bertz CT molecular complexity index is 740. The lowest BCUT2D eigenvalue weighted by atomic mass is 10.2. The van der Waals surface area contributed by atoms with E-state index in [-0.39, 0.29) is 0 Å². The van der Waals surface area contributed by atoms with Crippen molar-refractivity contribution in [1.29, 1.82) is 0 Å². The SMILES string of the molecule is CNc1cc(Sc2nc(C)cs2)nc(-c2ccccc2)n1. The third-order valence-corrected chi connectivity index (χ3v) is 4.76. The van der Waals surface area contributed by atoms with Gasteiger partial charge in [-0.05, 0) is 18.7 Å². The van der Waals surface area contributed by atoms with Gasteiger partial charge in [-0.15, -0.1) is 11.3 Å². The molecule has 0 saturated heterocycles. The molecule has 0 saturated carbocycles. The maximum atomic E-state index is 4.63. The molecule has 0 atom stereocenters. The standard InChI is InChI=1S/C15H14N4S2/c1-10-9-20-15(17-10)21-13-8-12(16-2)18-14(19-13)11-6-4-3-5-7-11/h3-9H,1-2H3,(H,16,18,19). The minimum atomic E-state index is 0.721. The number of nitrogens with one attached hydrogen (secondary N) is 1. The van der Waals surface area contributed by atoms with Crippen molar-refractivity contribution < 1.29 is 0 Å². The van der Waals surface area contributed by atoms with Crippen LogP contribution in [0.5, 0.6) is 0 Å². The molecule has 0 unspecified atom stereocenters. The number of rotatable bonds is 4. The summed E-state index contributed by atoms with van der Waals surface area (Å²) >= 11 is 3.19. The van der Waals surface area contributed by atoms with Gasteiger partial charge in [0.15, 0.2) is 10.2 Å². The minimum absolute atomic E-state index is 0.721. The summed E-state index contributed by atoms with van der Waals surface area (Å²) in [6.07, 6.45) is 0. The minimum Gasteiger partial charge on any atom is -0.373 e. The lowest BCUT2D eigenvalue weighted by Crippen LogP contribution is -1.98. The van der Waals surface area contributed by atoms with Gasteiger partial charge in [-0.25, -0.2) is 15.0 Å². The smallest absolute Gasteiger partial charge is 0.162 e. The van der Waals surface area contributed by atoms with Crippen LogP contribution in [0.15, 0.2) is 51.1 Å². The van der Waals surface area contributed by atoms with Crippen LogP contribution in [-0.4, -0.2) is 22.0 Å². The quantitative estimate of drug-likeness (QED) is 0.735. The zero-order valence-corrected chi connectivity index (χ0v) is 13.3. The molecule has 2 aromatic heterocycles. The second-order valence-electron chi connectivity index (χ2n) is 4.39. The van der Waals surface area contributed by atoms with Crippen molar-refractivity contribution in [3.8, 4) is 11.4 Å². The van der Waals surface area contributed by atoms with Crippen molar-refractivity contribution in [3.63, 3.8) is 0 Å². The number of benzene rings is 1. The lowest BCUT2D eigenvalue weighted by molar-refractivity contribution is 1.05. The molecule has 6 heteroatoms. The summed E-state index contributed by atoms with van der Waals surface area (Å²) in [5.41, 5.74) is 2.04. The number of thiazole rings is 1. The van der Waals surface area contributed by atoms with Gasteiger partial charge in [0.1, 0.15) is 10.8 Å². The Morgan fingerprint density at radius 3 is 2.57 bits per heavy atom. The molecule has 0 bridgehead atoms. The Hall–Kier alpha value is -1.92. The summed E-state index contributed by atoms with van der Waals surface area (Å²) in [5.74, 6) is 1.53. The van der Waals surface area contributed by atoms with Gasteiger partial charge in [-0.3, -0.25) is 0 Å². The monoisotopic (exact) mass is 314 g/mol. The molecule has 3 rings (SSSR count). The van der Waals surface area contributed by atoms with E-state index in [0.717, 1.165) is 32.3 Å². The first kappa shape index (κ1) is 14.0. The molecule has 0 spiro atoms. The van der Waals surface area contributed by atoms with Crippen molar-refractivity contribution in [2.45, 2.75) is 16.3 Å². The lowest BCUT2D eigenvalue weighted by Gasteiger charge is -2.06. The van der Waals surface area contributed by atoms with Gasteiger partial charge in [-0.2, -0.15) is 0 Å². The molecular formula is C15H14N4S2. The van der Waals surface area contributed by atoms with Crippen LogP contribution in [0.3, 0.4) is 0 Å². The zero-order valence-electron chi connectivity index (χ0n) is 11.7. The topological polar surface area (TPSA) is 50.7 Å². The van der Waals surface area contributed by atoms with Crippen LogP contribution in [0.25, 0.3) is 11.4 Å². The third-order valence-electron chi connectivity index (χ3n) is 2.78. The summed E-state index contributed by atoms with van der Waals surface area (Å²) in [4.78, 5) is 13.6. The number of hydrogen-bond donors (Lipinski definition) is 1. The Kier molecular flexibility index (Phi) is 4.17. The van der Waals surface area contributed by atoms with Gasteiger partial charge >= 0.3 is 0 Å². The molecule has 1 aromatic carbocycles. The number of aryl methyl sites for hydroxylation is 1. The Morgan fingerprint density at radius 1 is 1.10 bits per heavy atom. The van der Waals surface area contributed by atoms with Gasteiger partial charge in [0.2, 0.25) is 0 Å². The van der Waals surface area contributed by atoms with Gasteiger partial charge in [0, 0.05) is 29.8 Å². The first-order valence-corrected chi connectivity index (χ1v) is 8.16. The maximum absolute atomic E-state index is 4.63. The van der Waals surface area contributed by atoms with Gasteiger partial charge in [-0.1, -0.05) is 30.3 Å². The van der Waals surface area contributed by atoms with E-state index in [2.05, 4.69) is 20.3 Å². The molecular weight excluding hydrogens is 300 g/mol. The molecule has 0 radical (unpaired) electrons. The fourth-order valence-corrected chi connectivity index (χ4v) is 3.58. The first-order valence-electron chi connectivity index (χ1n) is 6.47. The Labute approximate surface area is 131 Å². The van der Waals surface area contributed by atoms with E-state index in [1.165, 1.54) is 0 Å². The molecule has 21 heavy (non-hydrogen) atoms. The van der Waals surface area contributed by atoms with Crippen LogP contribution in [0.4, 0.5) is 5.82 Å². The zero-order chi connectivity index (χ0) is 14.7. The van der Waals surface area contributed by atoms with Crippen LogP contribution in [0.2, 0.25) is 0 Å². The second kappa shape index (κ2) is 6.24. The molecule has 4 nitrogen and oxygen atoms in total. The highest BCUT2D eigenvalue weighted by Gasteiger charge is 2.09. The molecule has 1 N–H and O–H groups in total. The molecule has 0 amide bonds. The molecule has 3 aromatic rings. The van der Waals surface area contributed by atoms with Crippen LogP contribution in [0.1, 0.15) is 5.69 Å². The second-order valence-corrected chi connectivity index (χ2v) is 6.51. The van der Waals surface area contributed by atoms with Gasteiger partial charge in [0.25, 0.3) is 0 Å². The van der Waals surface area contributed by atoms with Gasteiger partial charge in [0.05, 0.1) is 0 Å². The number of nitrogens with zero attached hydrogens (tertiary/aromatic N) is 3. The molecule has 106 valence electrons.